The molecule has 0 N–H and O–H groups in total. The summed E-state index contributed by atoms with van der Waals surface area (Å²) in [4.78, 5) is 38.5. The van der Waals surface area contributed by atoms with E-state index in [0.717, 1.165) is 11.1 Å². The Morgan fingerprint density at radius 1 is 0.742 bits per heavy atom. The molecule has 2 aromatic carbocycles. The number of esters is 2. The van der Waals surface area contributed by atoms with Crippen LogP contribution in [0.4, 0.5) is 0 Å². The molecular formula is C24H18N2O5. The summed E-state index contributed by atoms with van der Waals surface area (Å²) in [6.07, 6.45) is 1.46. The molecule has 0 saturated carbocycles. The molecule has 0 spiro atoms. The maximum absolute atomic E-state index is 13.5. The van der Waals surface area contributed by atoms with Gasteiger partial charge in [0.15, 0.2) is 0 Å². The first kappa shape index (κ1) is 20.0. The van der Waals surface area contributed by atoms with E-state index in [1.165, 1.54) is 24.9 Å². The standard InChI is InChI=1S/C24H18N2O5/c1-30-23(28)19-18-9-6-14-25-26(18)21(20(19)24(29)31-2)22(27)17-12-10-16(11-13-17)15-7-4-3-5-8-15/h3-14H,1-2H3. The molecule has 31 heavy (non-hydrogen) atoms. The van der Waals surface area contributed by atoms with Crippen LogP contribution in [0.5, 0.6) is 0 Å². The molecule has 0 unspecified atom stereocenters. The lowest BCUT2D eigenvalue weighted by Gasteiger charge is -2.07. The number of carbonyl (C=O) groups excluding carboxylic acids is 3. The molecule has 0 atom stereocenters. The minimum absolute atomic E-state index is 0.0599. The summed E-state index contributed by atoms with van der Waals surface area (Å²) in [6.45, 7) is 0. The molecule has 7 heteroatoms. The van der Waals surface area contributed by atoms with Gasteiger partial charge in [-0.25, -0.2) is 14.1 Å². The van der Waals surface area contributed by atoms with Crippen LogP contribution >= 0.6 is 0 Å². The second kappa shape index (κ2) is 8.23. The van der Waals surface area contributed by atoms with Crippen LogP contribution in [0.3, 0.4) is 0 Å². The van der Waals surface area contributed by atoms with Crippen molar-refractivity contribution in [1.82, 2.24) is 9.61 Å². The molecule has 2 heterocycles. The Kier molecular flexibility index (Phi) is 5.32. The van der Waals surface area contributed by atoms with Crippen molar-refractivity contribution in [3.05, 3.63) is 95.3 Å². The van der Waals surface area contributed by atoms with E-state index in [2.05, 4.69) is 5.10 Å². The average Bonchev–Trinajstić information content (AvgIpc) is 3.18. The van der Waals surface area contributed by atoms with E-state index in [1.807, 2.05) is 42.5 Å². The van der Waals surface area contributed by atoms with Gasteiger partial charge in [-0.15, -0.1) is 0 Å². The van der Waals surface area contributed by atoms with E-state index >= 15 is 0 Å². The van der Waals surface area contributed by atoms with Crippen molar-refractivity contribution < 1.29 is 23.9 Å². The first-order valence-electron chi connectivity index (χ1n) is 9.43. The predicted octanol–water partition coefficient (Wildman–Crippen LogP) is 3.81. The number of ether oxygens (including phenoxy) is 2. The molecule has 0 amide bonds. The zero-order valence-electron chi connectivity index (χ0n) is 16.9. The van der Waals surface area contributed by atoms with Crippen LogP contribution in [0.25, 0.3) is 16.6 Å². The molecule has 7 nitrogen and oxygen atoms in total. The number of fused-ring (bicyclic) bond motifs is 1. The van der Waals surface area contributed by atoms with Gasteiger partial charge in [-0.2, -0.15) is 5.10 Å². The molecule has 4 aromatic rings. The van der Waals surface area contributed by atoms with Crippen molar-refractivity contribution in [3.63, 3.8) is 0 Å². The largest absolute Gasteiger partial charge is 0.465 e. The molecule has 0 saturated heterocycles. The topological polar surface area (TPSA) is 87.0 Å². The Morgan fingerprint density at radius 3 is 2.00 bits per heavy atom. The van der Waals surface area contributed by atoms with Crippen molar-refractivity contribution >= 4 is 23.2 Å². The third kappa shape index (κ3) is 3.46. The summed E-state index contributed by atoms with van der Waals surface area (Å²) in [5, 5.41) is 4.19. The van der Waals surface area contributed by atoms with Crippen LogP contribution in [0.15, 0.2) is 72.9 Å². The summed E-state index contributed by atoms with van der Waals surface area (Å²) >= 11 is 0. The normalized spacial score (nSPS) is 10.6. The Hall–Kier alpha value is -4.26. The highest BCUT2D eigenvalue weighted by atomic mass is 16.5. The van der Waals surface area contributed by atoms with Gasteiger partial charge in [-0.1, -0.05) is 54.6 Å². The van der Waals surface area contributed by atoms with Crippen LogP contribution in [0.2, 0.25) is 0 Å². The maximum Gasteiger partial charge on any atom is 0.341 e. The van der Waals surface area contributed by atoms with E-state index in [1.54, 1.807) is 24.3 Å². The number of rotatable bonds is 5. The van der Waals surface area contributed by atoms with E-state index < -0.39 is 17.7 Å². The van der Waals surface area contributed by atoms with Gasteiger partial charge >= 0.3 is 11.9 Å². The summed E-state index contributed by atoms with van der Waals surface area (Å²) in [7, 11) is 2.38. The lowest BCUT2D eigenvalue weighted by atomic mass is 9.99. The fraction of sp³-hybridized carbons (Fsp3) is 0.0833. The van der Waals surface area contributed by atoms with E-state index in [-0.39, 0.29) is 22.3 Å². The highest BCUT2D eigenvalue weighted by Gasteiger charge is 2.33. The van der Waals surface area contributed by atoms with Crippen molar-refractivity contribution in [3.8, 4) is 11.1 Å². The van der Waals surface area contributed by atoms with Crippen molar-refractivity contribution in [2.75, 3.05) is 14.2 Å². The highest BCUT2D eigenvalue weighted by molar-refractivity contribution is 6.19. The molecule has 0 aliphatic rings. The SMILES string of the molecule is COC(=O)c1c(C(=O)OC)c2cccnn2c1C(=O)c1ccc(-c2ccccc2)cc1. The summed E-state index contributed by atoms with van der Waals surface area (Å²) in [6, 6.07) is 19.9. The van der Waals surface area contributed by atoms with Gasteiger partial charge < -0.3 is 9.47 Å². The number of hydrogen-bond donors (Lipinski definition) is 0. The summed E-state index contributed by atoms with van der Waals surface area (Å²) < 4.78 is 11.0. The molecule has 154 valence electrons. The quantitative estimate of drug-likeness (QED) is 0.365. The average molecular weight is 414 g/mol. The summed E-state index contributed by atoms with van der Waals surface area (Å²) in [5.74, 6) is -2.05. The van der Waals surface area contributed by atoms with Gasteiger partial charge in [0.05, 0.1) is 19.7 Å². The number of aromatic nitrogens is 2. The first-order chi connectivity index (χ1) is 15.1. The van der Waals surface area contributed by atoms with Crippen LogP contribution in [-0.4, -0.2) is 41.6 Å². The molecule has 4 rings (SSSR count). The molecule has 0 bridgehead atoms. The highest BCUT2D eigenvalue weighted by Crippen LogP contribution is 2.28. The van der Waals surface area contributed by atoms with Crippen LogP contribution in [-0.2, 0) is 9.47 Å². The smallest absolute Gasteiger partial charge is 0.341 e. The number of nitrogens with zero attached hydrogens (tertiary/aromatic N) is 2. The Morgan fingerprint density at radius 2 is 1.35 bits per heavy atom. The fourth-order valence-corrected chi connectivity index (χ4v) is 3.49. The van der Waals surface area contributed by atoms with Crippen molar-refractivity contribution in [2.45, 2.75) is 0 Å². The van der Waals surface area contributed by atoms with Crippen LogP contribution in [0.1, 0.15) is 36.8 Å². The van der Waals surface area contributed by atoms with Gasteiger partial charge in [0.2, 0.25) is 5.78 Å². The summed E-state index contributed by atoms with van der Waals surface area (Å²) in [5.41, 5.74) is 2.27. The zero-order valence-corrected chi connectivity index (χ0v) is 16.9. The number of benzene rings is 2. The lowest BCUT2D eigenvalue weighted by molar-refractivity contribution is 0.0556. The second-order valence-corrected chi connectivity index (χ2v) is 6.67. The maximum atomic E-state index is 13.5. The van der Waals surface area contributed by atoms with E-state index in [9.17, 15) is 14.4 Å². The molecule has 2 aromatic heterocycles. The first-order valence-corrected chi connectivity index (χ1v) is 9.43. The molecule has 0 radical (unpaired) electrons. The Labute approximate surface area is 177 Å². The van der Waals surface area contributed by atoms with Gasteiger partial charge in [0.25, 0.3) is 0 Å². The second-order valence-electron chi connectivity index (χ2n) is 6.67. The van der Waals surface area contributed by atoms with Crippen LogP contribution in [0, 0.1) is 0 Å². The molecule has 0 fully saturated rings. The Balaban J connectivity index is 1.88. The monoisotopic (exact) mass is 414 g/mol. The minimum Gasteiger partial charge on any atom is -0.465 e. The number of hydrogen-bond acceptors (Lipinski definition) is 6. The molecule has 0 aliphatic heterocycles. The number of methoxy groups -OCH3 is 2. The zero-order chi connectivity index (χ0) is 22.0. The lowest BCUT2D eigenvalue weighted by Crippen LogP contribution is -2.15. The minimum atomic E-state index is -0.824. The number of carbonyl (C=O) groups is 3. The third-order valence-corrected chi connectivity index (χ3v) is 4.95. The third-order valence-electron chi connectivity index (χ3n) is 4.95. The fourth-order valence-electron chi connectivity index (χ4n) is 3.49. The molecular weight excluding hydrogens is 396 g/mol. The Bertz CT molecular complexity index is 1290. The van der Waals surface area contributed by atoms with Gasteiger partial charge in [-0.3, -0.25) is 4.79 Å². The number of ketones is 1. The van der Waals surface area contributed by atoms with Crippen molar-refractivity contribution in [2.24, 2.45) is 0 Å². The molecule has 0 aliphatic carbocycles. The van der Waals surface area contributed by atoms with Gasteiger partial charge in [0, 0.05) is 11.8 Å². The van der Waals surface area contributed by atoms with Gasteiger partial charge in [-0.05, 0) is 23.3 Å². The van der Waals surface area contributed by atoms with E-state index in [4.69, 9.17) is 9.47 Å². The van der Waals surface area contributed by atoms with Gasteiger partial charge in [0.1, 0.15) is 16.8 Å². The van der Waals surface area contributed by atoms with Crippen LogP contribution < -0.4 is 0 Å². The predicted molar refractivity (Wildman–Crippen MR) is 113 cm³/mol. The van der Waals surface area contributed by atoms with Crippen molar-refractivity contribution in [1.29, 1.82) is 0 Å². The van der Waals surface area contributed by atoms with E-state index in [0.29, 0.717) is 5.56 Å².